The van der Waals surface area contributed by atoms with E-state index in [0.29, 0.717) is 0 Å². The van der Waals surface area contributed by atoms with Crippen LogP contribution in [0.2, 0.25) is 0 Å². The molecule has 3 heterocycles. The second-order valence-corrected chi connectivity index (χ2v) is 5.16. The van der Waals surface area contributed by atoms with Gasteiger partial charge in [-0.3, -0.25) is 0 Å². The molecular formula is C15H17N5. The van der Waals surface area contributed by atoms with E-state index in [0.717, 1.165) is 34.0 Å². The standard InChI is InChI=1S/C15H17N5/c1-10-7-11(2)18-20-9-13(17-15(10)20)12-5-6-14(16-8-12)19(3)4/h5-9H,1-4H3. The van der Waals surface area contributed by atoms with Crippen molar-refractivity contribution in [1.82, 2.24) is 19.6 Å². The minimum absolute atomic E-state index is 0.891. The monoisotopic (exact) mass is 267 g/mol. The Kier molecular flexibility index (Phi) is 2.89. The summed E-state index contributed by atoms with van der Waals surface area (Å²) in [6.07, 6.45) is 3.79. The van der Waals surface area contributed by atoms with Gasteiger partial charge in [-0.15, -0.1) is 0 Å². The summed E-state index contributed by atoms with van der Waals surface area (Å²) >= 11 is 0. The molecule has 0 aromatic carbocycles. The van der Waals surface area contributed by atoms with Crippen molar-refractivity contribution in [3.8, 4) is 11.3 Å². The van der Waals surface area contributed by atoms with Crippen LogP contribution in [0, 0.1) is 13.8 Å². The molecular weight excluding hydrogens is 250 g/mol. The van der Waals surface area contributed by atoms with Crippen molar-refractivity contribution in [3.63, 3.8) is 0 Å². The Hall–Kier alpha value is -2.43. The van der Waals surface area contributed by atoms with E-state index in [4.69, 9.17) is 0 Å². The summed E-state index contributed by atoms with van der Waals surface area (Å²) in [5.41, 5.74) is 4.89. The van der Waals surface area contributed by atoms with Gasteiger partial charge >= 0.3 is 0 Å². The molecule has 0 N–H and O–H groups in total. The Labute approximate surface area is 117 Å². The molecule has 5 nitrogen and oxygen atoms in total. The van der Waals surface area contributed by atoms with E-state index in [1.54, 1.807) is 0 Å². The number of imidazole rings is 1. The molecule has 5 heteroatoms. The lowest BCUT2D eigenvalue weighted by molar-refractivity contribution is 0.893. The van der Waals surface area contributed by atoms with Gasteiger partial charge in [-0.05, 0) is 37.6 Å². The SMILES string of the molecule is Cc1cc(C)c2nc(-c3ccc(N(C)C)nc3)cn2n1. The average molecular weight is 267 g/mol. The molecule has 20 heavy (non-hydrogen) atoms. The summed E-state index contributed by atoms with van der Waals surface area (Å²) in [6.45, 7) is 4.04. The molecule has 102 valence electrons. The first kappa shape index (κ1) is 12.6. The fourth-order valence-corrected chi connectivity index (χ4v) is 2.23. The van der Waals surface area contributed by atoms with Crippen molar-refractivity contribution < 1.29 is 0 Å². The molecule has 3 aromatic heterocycles. The maximum atomic E-state index is 4.64. The second-order valence-electron chi connectivity index (χ2n) is 5.16. The van der Waals surface area contributed by atoms with Gasteiger partial charge in [0.25, 0.3) is 0 Å². The Morgan fingerprint density at radius 1 is 1.15 bits per heavy atom. The Morgan fingerprint density at radius 2 is 1.95 bits per heavy atom. The molecule has 0 spiro atoms. The highest BCUT2D eigenvalue weighted by Gasteiger charge is 2.08. The van der Waals surface area contributed by atoms with Crippen LogP contribution in [-0.2, 0) is 0 Å². The van der Waals surface area contributed by atoms with Crippen LogP contribution in [0.4, 0.5) is 5.82 Å². The first-order valence-electron chi connectivity index (χ1n) is 6.52. The highest BCUT2D eigenvalue weighted by Crippen LogP contribution is 2.21. The van der Waals surface area contributed by atoms with Crippen molar-refractivity contribution >= 4 is 11.5 Å². The molecule has 0 aliphatic heterocycles. The second kappa shape index (κ2) is 4.59. The summed E-state index contributed by atoms with van der Waals surface area (Å²) in [6, 6.07) is 6.07. The molecule has 0 aliphatic rings. The number of pyridine rings is 1. The number of fused-ring (bicyclic) bond motifs is 1. The third kappa shape index (κ3) is 2.11. The van der Waals surface area contributed by atoms with Crippen LogP contribution in [0.1, 0.15) is 11.3 Å². The zero-order valence-corrected chi connectivity index (χ0v) is 12.1. The van der Waals surface area contributed by atoms with E-state index < -0.39 is 0 Å². The fourth-order valence-electron chi connectivity index (χ4n) is 2.23. The van der Waals surface area contributed by atoms with Gasteiger partial charge in [-0.25, -0.2) is 14.5 Å². The summed E-state index contributed by atoms with van der Waals surface area (Å²) in [5, 5.41) is 4.45. The van der Waals surface area contributed by atoms with Crippen LogP contribution in [0.5, 0.6) is 0 Å². The third-order valence-electron chi connectivity index (χ3n) is 3.23. The zero-order chi connectivity index (χ0) is 14.3. The van der Waals surface area contributed by atoms with Crippen LogP contribution in [0.15, 0.2) is 30.6 Å². The minimum atomic E-state index is 0.891. The molecule has 0 atom stereocenters. The van der Waals surface area contributed by atoms with Crippen LogP contribution in [-0.4, -0.2) is 33.7 Å². The predicted octanol–water partition coefficient (Wildman–Crippen LogP) is 2.47. The lowest BCUT2D eigenvalue weighted by Gasteiger charge is -2.10. The van der Waals surface area contributed by atoms with Crippen LogP contribution in [0.25, 0.3) is 16.9 Å². The summed E-state index contributed by atoms with van der Waals surface area (Å²) < 4.78 is 1.83. The number of aryl methyl sites for hydroxylation is 2. The predicted molar refractivity (Wildman–Crippen MR) is 80.0 cm³/mol. The van der Waals surface area contributed by atoms with E-state index in [2.05, 4.69) is 15.1 Å². The summed E-state index contributed by atoms with van der Waals surface area (Å²) in [5.74, 6) is 0.933. The van der Waals surface area contributed by atoms with Crippen LogP contribution < -0.4 is 4.90 Å². The Bertz CT molecular complexity index is 756. The lowest BCUT2D eigenvalue weighted by Crippen LogP contribution is -2.09. The maximum Gasteiger partial charge on any atom is 0.157 e. The third-order valence-corrected chi connectivity index (χ3v) is 3.23. The minimum Gasteiger partial charge on any atom is -0.363 e. The first-order chi connectivity index (χ1) is 9.54. The van der Waals surface area contributed by atoms with Crippen molar-refractivity contribution in [3.05, 3.63) is 41.9 Å². The summed E-state index contributed by atoms with van der Waals surface area (Å²) in [4.78, 5) is 11.0. The van der Waals surface area contributed by atoms with E-state index in [1.165, 1.54) is 0 Å². The number of anilines is 1. The van der Waals surface area contributed by atoms with Gasteiger partial charge in [0.1, 0.15) is 5.82 Å². The molecule has 0 saturated heterocycles. The molecule has 0 saturated carbocycles. The molecule has 0 amide bonds. The normalized spacial score (nSPS) is 11.0. The Balaban J connectivity index is 2.08. The van der Waals surface area contributed by atoms with Gasteiger partial charge in [0, 0.05) is 25.9 Å². The highest BCUT2D eigenvalue weighted by atomic mass is 15.2. The van der Waals surface area contributed by atoms with E-state index in [1.807, 2.05) is 68.0 Å². The maximum absolute atomic E-state index is 4.64. The molecule has 0 fully saturated rings. The molecule has 0 aliphatic carbocycles. The smallest absolute Gasteiger partial charge is 0.157 e. The van der Waals surface area contributed by atoms with E-state index in [-0.39, 0.29) is 0 Å². The molecule has 0 radical (unpaired) electrons. The highest BCUT2D eigenvalue weighted by molar-refractivity contribution is 5.64. The van der Waals surface area contributed by atoms with Crippen molar-refractivity contribution in [2.24, 2.45) is 0 Å². The van der Waals surface area contributed by atoms with Gasteiger partial charge in [0.2, 0.25) is 0 Å². The van der Waals surface area contributed by atoms with Gasteiger partial charge in [-0.1, -0.05) is 0 Å². The average Bonchev–Trinajstić information content (AvgIpc) is 2.83. The first-order valence-corrected chi connectivity index (χ1v) is 6.52. The lowest BCUT2D eigenvalue weighted by atomic mass is 10.2. The molecule has 0 bridgehead atoms. The van der Waals surface area contributed by atoms with E-state index in [9.17, 15) is 0 Å². The Morgan fingerprint density at radius 3 is 2.60 bits per heavy atom. The van der Waals surface area contributed by atoms with Gasteiger partial charge in [0.15, 0.2) is 5.65 Å². The quantitative estimate of drug-likeness (QED) is 0.715. The van der Waals surface area contributed by atoms with Crippen molar-refractivity contribution in [2.45, 2.75) is 13.8 Å². The van der Waals surface area contributed by atoms with Crippen molar-refractivity contribution in [2.75, 3.05) is 19.0 Å². The topological polar surface area (TPSA) is 46.3 Å². The molecule has 0 unspecified atom stereocenters. The summed E-state index contributed by atoms with van der Waals surface area (Å²) in [7, 11) is 3.95. The van der Waals surface area contributed by atoms with Crippen LogP contribution in [0.3, 0.4) is 0 Å². The van der Waals surface area contributed by atoms with Gasteiger partial charge in [0.05, 0.1) is 17.6 Å². The largest absolute Gasteiger partial charge is 0.363 e. The molecule has 3 rings (SSSR count). The number of rotatable bonds is 2. The zero-order valence-electron chi connectivity index (χ0n) is 12.1. The number of hydrogen-bond donors (Lipinski definition) is 0. The van der Waals surface area contributed by atoms with Crippen LogP contribution >= 0.6 is 0 Å². The number of hydrogen-bond acceptors (Lipinski definition) is 4. The molecule has 3 aromatic rings. The van der Waals surface area contributed by atoms with Gasteiger partial charge < -0.3 is 4.90 Å². The van der Waals surface area contributed by atoms with E-state index >= 15 is 0 Å². The fraction of sp³-hybridized carbons (Fsp3) is 0.267. The number of nitrogens with zero attached hydrogens (tertiary/aromatic N) is 5. The van der Waals surface area contributed by atoms with Gasteiger partial charge in [-0.2, -0.15) is 5.10 Å². The number of aromatic nitrogens is 4. The van der Waals surface area contributed by atoms with Crippen molar-refractivity contribution in [1.29, 1.82) is 0 Å².